The summed E-state index contributed by atoms with van der Waals surface area (Å²) in [6.45, 7) is 2.14. The number of methoxy groups -OCH3 is 1. The van der Waals surface area contributed by atoms with Gasteiger partial charge >= 0.3 is 0 Å². The van der Waals surface area contributed by atoms with Crippen LogP contribution in [0.1, 0.15) is 38.2 Å². The van der Waals surface area contributed by atoms with Crippen LogP contribution in [0.3, 0.4) is 0 Å². The maximum absolute atomic E-state index is 9.75. The molecule has 1 aromatic rings. The second-order valence-corrected chi connectivity index (χ2v) is 4.35. The number of rotatable bonds is 7. The van der Waals surface area contributed by atoms with Gasteiger partial charge in [0, 0.05) is 0 Å². The van der Waals surface area contributed by atoms with Crippen LogP contribution in [0.2, 0.25) is 0 Å². The lowest BCUT2D eigenvalue weighted by molar-refractivity contribution is 0.209. The molecule has 0 radical (unpaired) electrons. The molecule has 0 heterocycles. The van der Waals surface area contributed by atoms with Crippen LogP contribution in [-0.2, 0) is 0 Å². The van der Waals surface area contributed by atoms with Crippen molar-refractivity contribution in [2.75, 3.05) is 7.11 Å². The molecule has 0 saturated heterocycles. The predicted octanol–water partition coefficient (Wildman–Crippen LogP) is 3.36. The summed E-state index contributed by atoms with van der Waals surface area (Å²) in [4.78, 5) is 0. The molecule has 100 valence electrons. The quantitative estimate of drug-likeness (QED) is 0.730. The summed E-state index contributed by atoms with van der Waals surface area (Å²) in [6, 6.07) is 5.11. The van der Waals surface area contributed by atoms with Gasteiger partial charge in [-0.15, -0.1) is 0 Å². The van der Waals surface area contributed by atoms with Crippen LogP contribution in [0.25, 0.3) is 6.08 Å². The molecule has 0 aliphatic carbocycles. The second kappa shape index (κ2) is 7.77. The van der Waals surface area contributed by atoms with E-state index in [2.05, 4.69) is 6.92 Å². The lowest BCUT2D eigenvalue weighted by atomic mass is 10.1. The van der Waals surface area contributed by atoms with E-state index in [1.807, 2.05) is 6.08 Å². The van der Waals surface area contributed by atoms with Crippen molar-refractivity contribution >= 4 is 6.08 Å². The van der Waals surface area contributed by atoms with Gasteiger partial charge in [0.15, 0.2) is 11.5 Å². The molecule has 3 heteroatoms. The Morgan fingerprint density at radius 1 is 1.33 bits per heavy atom. The molecule has 0 bridgehead atoms. The number of ether oxygens (including phenoxy) is 1. The van der Waals surface area contributed by atoms with E-state index in [0.717, 1.165) is 31.2 Å². The maximum Gasteiger partial charge on any atom is 0.161 e. The summed E-state index contributed by atoms with van der Waals surface area (Å²) in [6.07, 6.45) is 7.36. The van der Waals surface area contributed by atoms with E-state index in [0.29, 0.717) is 5.75 Å². The van der Waals surface area contributed by atoms with Crippen LogP contribution >= 0.6 is 0 Å². The number of benzene rings is 1. The van der Waals surface area contributed by atoms with Gasteiger partial charge in [-0.25, -0.2) is 0 Å². The third kappa shape index (κ3) is 4.80. The molecule has 1 rings (SSSR count). The van der Waals surface area contributed by atoms with Gasteiger partial charge in [-0.3, -0.25) is 0 Å². The highest BCUT2D eigenvalue weighted by Crippen LogP contribution is 2.26. The zero-order valence-corrected chi connectivity index (χ0v) is 11.1. The van der Waals surface area contributed by atoms with Crippen LogP contribution in [0, 0.1) is 0 Å². The summed E-state index contributed by atoms with van der Waals surface area (Å²) in [5, 5.41) is 19.2. The van der Waals surface area contributed by atoms with Gasteiger partial charge in [-0.05, 0) is 24.1 Å². The van der Waals surface area contributed by atoms with E-state index in [9.17, 15) is 10.2 Å². The van der Waals surface area contributed by atoms with Gasteiger partial charge in [0.25, 0.3) is 0 Å². The normalized spacial score (nSPS) is 12.8. The third-order valence-electron chi connectivity index (χ3n) is 2.82. The number of aromatic hydroxyl groups is 1. The van der Waals surface area contributed by atoms with E-state index in [1.165, 1.54) is 7.11 Å². The molecule has 0 spiro atoms. The Morgan fingerprint density at radius 2 is 2.11 bits per heavy atom. The predicted molar refractivity (Wildman–Crippen MR) is 73.8 cm³/mol. The second-order valence-electron chi connectivity index (χ2n) is 4.35. The van der Waals surface area contributed by atoms with Gasteiger partial charge < -0.3 is 14.9 Å². The molecule has 18 heavy (non-hydrogen) atoms. The molecule has 3 nitrogen and oxygen atoms in total. The number of aliphatic hydroxyl groups is 1. The van der Waals surface area contributed by atoms with Gasteiger partial charge in [0.2, 0.25) is 0 Å². The van der Waals surface area contributed by atoms with Crippen molar-refractivity contribution in [3.63, 3.8) is 0 Å². The van der Waals surface area contributed by atoms with Crippen molar-refractivity contribution in [2.45, 2.75) is 38.7 Å². The van der Waals surface area contributed by atoms with Gasteiger partial charge in [0.1, 0.15) is 0 Å². The van der Waals surface area contributed by atoms with Crippen LogP contribution in [0.5, 0.6) is 11.5 Å². The Bertz CT molecular complexity index is 385. The largest absolute Gasteiger partial charge is 0.504 e. The number of unbranched alkanes of at least 4 members (excludes halogenated alkanes) is 2. The van der Waals surface area contributed by atoms with Gasteiger partial charge in [-0.2, -0.15) is 0 Å². The molecule has 1 unspecified atom stereocenters. The van der Waals surface area contributed by atoms with E-state index < -0.39 is 6.10 Å². The lowest BCUT2D eigenvalue weighted by Crippen LogP contribution is -2.01. The molecule has 0 aliphatic heterocycles. The van der Waals surface area contributed by atoms with Crippen molar-refractivity contribution < 1.29 is 14.9 Å². The molecule has 1 aromatic carbocycles. The topological polar surface area (TPSA) is 49.7 Å². The van der Waals surface area contributed by atoms with Crippen molar-refractivity contribution in [3.05, 3.63) is 29.8 Å². The molecule has 0 saturated carbocycles. The SMILES string of the molecule is CCCCCC(O)/C=C/c1ccc(O)c(OC)c1. The number of phenolic OH excluding ortho intramolecular Hbond substituents is 1. The Balaban J connectivity index is 2.55. The average molecular weight is 250 g/mol. The first-order valence-corrected chi connectivity index (χ1v) is 6.40. The van der Waals surface area contributed by atoms with Gasteiger partial charge in [-0.1, -0.05) is 44.4 Å². The fourth-order valence-corrected chi connectivity index (χ4v) is 1.72. The van der Waals surface area contributed by atoms with E-state index in [1.54, 1.807) is 24.3 Å². The molecule has 0 fully saturated rings. The molecule has 0 aromatic heterocycles. The summed E-state index contributed by atoms with van der Waals surface area (Å²) in [5.41, 5.74) is 0.902. The minimum Gasteiger partial charge on any atom is -0.504 e. The van der Waals surface area contributed by atoms with Crippen LogP contribution in [-0.4, -0.2) is 23.4 Å². The first-order chi connectivity index (χ1) is 8.67. The minimum atomic E-state index is -0.406. The highest BCUT2D eigenvalue weighted by Gasteiger charge is 2.02. The van der Waals surface area contributed by atoms with E-state index in [4.69, 9.17) is 4.74 Å². The molecule has 0 amide bonds. The van der Waals surface area contributed by atoms with Crippen molar-refractivity contribution in [1.82, 2.24) is 0 Å². The van der Waals surface area contributed by atoms with Crippen LogP contribution in [0.15, 0.2) is 24.3 Å². The number of aliphatic hydroxyl groups excluding tert-OH is 1. The Morgan fingerprint density at radius 3 is 2.78 bits per heavy atom. The fraction of sp³-hybridized carbons (Fsp3) is 0.467. The van der Waals surface area contributed by atoms with Crippen molar-refractivity contribution in [3.8, 4) is 11.5 Å². The maximum atomic E-state index is 9.75. The zero-order valence-electron chi connectivity index (χ0n) is 11.1. The summed E-state index contributed by atoms with van der Waals surface area (Å²) in [7, 11) is 1.52. The summed E-state index contributed by atoms with van der Waals surface area (Å²) >= 11 is 0. The fourth-order valence-electron chi connectivity index (χ4n) is 1.72. The van der Waals surface area contributed by atoms with Crippen LogP contribution < -0.4 is 4.74 Å². The number of hydrogen-bond donors (Lipinski definition) is 2. The molecule has 2 N–H and O–H groups in total. The first kappa shape index (κ1) is 14.6. The Hall–Kier alpha value is -1.48. The van der Waals surface area contributed by atoms with Crippen molar-refractivity contribution in [2.24, 2.45) is 0 Å². The van der Waals surface area contributed by atoms with Crippen LogP contribution in [0.4, 0.5) is 0 Å². The molecule has 1 atom stereocenters. The third-order valence-corrected chi connectivity index (χ3v) is 2.82. The lowest BCUT2D eigenvalue weighted by Gasteiger charge is -2.06. The number of phenols is 1. The molecular formula is C15H22O3. The first-order valence-electron chi connectivity index (χ1n) is 6.40. The summed E-state index contributed by atoms with van der Waals surface area (Å²) in [5.74, 6) is 0.566. The Labute approximate surface area is 109 Å². The standard InChI is InChI=1S/C15H22O3/c1-3-4-5-6-13(16)9-7-12-8-10-14(17)15(11-12)18-2/h7-11,13,16-17H,3-6H2,1-2H3/b9-7+. The monoisotopic (exact) mass is 250 g/mol. The molecular weight excluding hydrogens is 228 g/mol. The smallest absolute Gasteiger partial charge is 0.161 e. The highest BCUT2D eigenvalue weighted by molar-refractivity contribution is 5.55. The van der Waals surface area contributed by atoms with E-state index >= 15 is 0 Å². The van der Waals surface area contributed by atoms with Crippen molar-refractivity contribution in [1.29, 1.82) is 0 Å². The highest BCUT2D eigenvalue weighted by atomic mass is 16.5. The summed E-state index contributed by atoms with van der Waals surface area (Å²) < 4.78 is 5.03. The Kier molecular flexibility index (Phi) is 6.29. The average Bonchev–Trinajstić information content (AvgIpc) is 2.38. The minimum absolute atomic E-state index is 0.123. The zero-order chi connectivity index (χ0) is 13.4. The number of hydrogen-bond acceptors (Lipinski definition) is 3. The van der Waals surface area contributed by atoms with Gasteiger partial charge in [0.05, 0.1) is 13.2 Å². The van der Waals surface area contributed by atoms with E-state index in [-0.39, 0.29) is 5.75 Å². The molecule has 0 aliphatic rings.